The van der Waals surface area contributed by atoms with Gasteiger partial charge >= 0.3 is 5.97 Å². The molecule has 1 amide bonds. The summed E-state index contributed by atoms with van der Waals surface area (Å²) >= 11 is 0. The molecule has 7 heteroatoms. The van der Waals surface area contributed by atoms with Crippen molar-refractivity contribution in [1.29, 1.82) is 0 Å². The van der Waals surface area contributed by atoms with Crippen LogP contribution in [0.2, 0.25) is 0 Å². The second kappa shape index (κ2) is 5.29. The van der Waals surface area contributed by atoms with Crippen LogP contribution in [-0.4, -0.2) is 34.3 Å². The topological polar surface area (TPSA) is 99.2 Å². The number of hydrogen-bond acceptors (Lipinski definition) is 5. The van der Waals surface area contributed by atoms with E-state index in [9.17, 15) is 9.59 Å². The fourth-order valence-electron chi connectivity index (χ4n) is 1.80. The van der Waals surface area contributed by atoms with Gasteiger partial charge in [-0.1, -0.05) is 6.92 Å². The lowest BCUT2D eigenvalue weighted by molar-refractivity contribution is -0.124. The molecule has 1 aliphatic carbocycles. The number of esters is 1. The molecule has 0 unspecified atom stereocenters. The molecule has 1 heterocycles. The first-order valence-electron chi connectivity index (χ1n) is 6.30. The maximum atomic E-state index is 11.9. The number of amides is 1. The summed E-state index contributed by atoms with van der Waals surface area (Å²) in [5.74, 6) is -0.912. The van der Waals surface area contributed by atoms with Crippen molar-refractivity contribution in [3.05, 3.63) is 11.4 Å². The average molecular weight is 266 g/mol. The highest BCUT2D eigenvalue weighted by Crippen LogP contribution is 2.19. The van der Waals surface area contributed by atoms with E-state index in [1.54, 1.807) is 7.05 Å². The van der Waals surface area contributed by atoms with E-state index in [-0.39, 0.29) is 24.2 Å². The Balaban J connectivity index is 1.95. The smallest absolute Gasteiger partial charge is 0.359 e. The molecule has 0 bridgehead atoms. The van der Waals surface area contributed by atoms with E-state index in [0.717, 1.165) is 12.8 Å². The van der Waals surface area contributed by atoms with E-state index in [0.29, 0.717) is 17.8 Å². The number of carbonyl (C=O) groups is 2. The summed E-state index contributed by atoms with van der Waals surface area (Å²) in [7, 11) is 1.62. The third kappa shape index (κ3) is 3.04. The van der Waals surface area contributed by atoms with Crippen LogP contribution < -0.4 is 11.1 Å². The molecule has 3 N–H and O–H groups in total. The van der Waals surface area contributed by atoms with Crippen molar-refractivity contribution in [2.45, 2.75) is 32.2 Å². The Morgan fingerprint density at radius 3 is 2.74 bits per heavy atom. The molecule has 0 atom stereocenters. The van der Waals surface area contributed by atoms with Crippen molar-refractivity contribution >= 4 is 17.6 Å². The second-order valence-electron chi connectivity index (χ2n) is 4.60. The summed E-state index contributed by atoms with van der Waals surface area (Å²) in [5, 5.41) is 6.86. The van der Waals surface area contributed by atoms with Gasteiger partial charge in [0.15, 0.2) is 12.3 Å². The number of nitrogen functional groups attached to an aromatic ring is 1. The summed E-state index contributed by atoms with van der Waals surface area (Å²) in [6.45, 7) is 1.61. The van der Waals surface area contributed by atoms with Gasteiger partial charge in [-0.05, 0) is 19.3 Å². The predicted octanol–water partition coefficient (Wildman–Crippen LogP) is 0.000100. The Hall–Kier alpha value is -2.05. The Kier molecular flexibility index (Phi) is 3.73. The molecule has 1 aromatic heterocycles. The molecule has 1 saturated carbocycles. The Morgan fingerprint density at radius 2 is 2.21 bits per heavy atom. The molecule has 1 aromatic rings. The average Bonchev–Trinajstić information content (AvgIpc) is 3.12. The number of anilines is 1. The number of nitrogens with one attached hydrogen (secondary N) is 1. The molecule has 0 aromatic carbocycles. The van der Waals surface area contributed by atoms with E-state index in [2.05, 4.69) is 10.4 Å². The summed E-state index contributed by atoms with van der Waals surface area (Å²) in [5.41, 5.74) is 6.99. The van der Waals surface area contributed by atoms with Gasteiger partial charge in [-0.3, -0.25) is 9.48 Å². The lowest BCUT2D eigenvalue weighted by atomic mass is 10.2. The van der Waals surface area contributed by atoms with Crippen LogP contribution in [0.25, 0.3) is 0 Å². The lowest BCUT2D eigenvalue weighted by Crippen LogP contribution is -2.30. The number of carbonyl (C=O) groups excluding carboxylic acids is 2. The van der Waals surface area contributed by atoms with E-state index in [1.165, 1.54) is 4.68 Å². The van der Waals surface area contributed by atoms with E-state index >= 15 is 0 Å². The molecule has 2 rings (SSSR count). The van der Waals surface area contributed by atoms with Crippen LogP contribution in [0.5, 0.6) is 0 Å². The van der Waals surface area contributed by atoms with Crippen molar-refractivity contribution < 1.29 is 14.3 Å². The quantitative estimate of drug-likeness (QED) is 0.731. The van der Waals surface area contributed by atoms with Crippen molar-refractivity contribution in [3.8, 4) is 0 Å². The first-order chi connectivity index (χ1) is 9.02. The maximum absolute atomic E-state index is 11.9. The van der Waals surface area contributed by atoms with Crippen LogP contribution in [0.4, 0.5) is 5.69 Å². The van der Waals surface area contributed by atoms with Crippen LogP contribution in [0.15, 0.2) is 0 Å². The predicted molar refractivity (Wildman–Crippen MR) is 68.4 cm³/mol. The molecule has 1 aliphatic rings. The number of ether oxygens (including phenoxy) is 1. The first-order valence-corrected chi connectivity index (χ1v) is 6.30. The fourth-order valence-corrected chi connectivity index (χ4v) is 1.80. The molecule has 19 heavy (non-hydrogen) atoms. The Bertz CT molecular complexity index is 505. The van der Waals surface area contributed by atoms with Gasteiger partial charge in [-0.15, -0.1) is 0 Å². The summed E-state index contributed by atoms with van der Waals surface area (Å²) in [4.78, 5) is 23.3. The summed E-state index contributed by atoms with van der Waals surface area (Å²) in [6.07, 6.45) is 2.62. The van der Waals surface area contributed by atoms with Crippen molar-refractivity contribution in [3.63, 3.8) is 0 Å². The molecule has 104 valence electrons. The van der Waals surface area contributed by atoms with Crippen molar-refractivity contribution in [2.75, 3.05) is 12.3 Å². The highest BCUT2D eigenvalue weighted by atomic mass is 16.5. The third-order valence-electron chi connectivity index (χ3n) is 2.97. The molecule has 1 fully saturated rings. The largest absolute Gasteiger partial charge is 0.451 e. The van der Waals surface area contributed by atoms with E-state index in [1.807, 2.05) is 6.92 Å². The minimum atomic E-state index is -0.627. The molecule has 0 spiro atoms. The fraction of sp³-hybridized carbons (Fsp3) is 0.583. The van der Waals surface area contributed by atoms with Crippen LogP contribution in [0, 0.1) is 0 Å². The molecule has 7 nitrogen and oxygen atoms in total. The zero-order chi connectivity index (χ0) is 14.0. The highest BCUT2D eigenvalue weighted by molar-refractivity contribution is 5.95. The van der Waals surface area contributed by atoms with E-state index in [4.69, 9.17) is 10.5 Å². The Morgan fingerprint density at radius 1 is 1.53 bits per heavy atom. The minimum Gasteiger partial charge on any atom is -0.451 e. The van der Waals surface area contributed by atoms with Gasteiger partial charge in [0.25, 0.3) is 5.91 Å². The zero-order valence-electron chi connectivity index (χ0n) is 11.1. The zero-order valence-corrected chi connectivity index (χ0v) is 11.1. The van der Waals surface area contributed by atoms with Gasteiger partial charge in [-0.2, -0.15) is 5.10 Å². The molecular weight excluding hydrogens is 248 g/mol. The van der Waals surface area contributed by atoms with Crippen molar-refractivity contribution in [1.82, 2.24) is 15.1 Å². The van der Waals surface area contributed by atoms with Crippen LogP contribution >= 0.6 is 0 Å². The molecule has 0 radical (unpaired) electrons. The Labute approximate surface area is 111 Å². The van der Waals surface area contributed by atoms with Crippen LogP contribution in [0.3, 0.4) is 0 Å². The van der Waals surface area contributed by atoms with Gasteiger partial charge in [0.1, 0.15) is 0 Å². The van der Waals surface area contributed by atoms with Crippen molar-refractivity contribution in [2.24, 2.45) is 7.05 Å². The monoisotopic (exact) mass is 266 g/mol. The van der Waals surface area contributed by atoms with Gasteiger partial charge in [0.05, 0.1) is 11.4 Å². The first kappa shape index (κ1) is 13.4. The highest BCUT2D eigenvalue weighted by Gasteiger charge is 2.25. The molecule has 0 aliphatic heterocycles. The minimum absolute atomic E-state index is 0.191. The normalized spacial score (nSPS) is 14.2. The number of hydrogen-bond donors (Lipinski definition) is 2. The number of aromatic nitrogens is 2. The van der Waals surface area contributed by atoms with E-state index < -0.39 is 5.97 Å². The second-order valence-corrected chi connectivity index (χ2v) is 4.60. The summed E-state index contributed by atoms with van der Waals surface area (Å²) < 4.78 is 6.33. The number of rotatable bonds is 5. The van der Waals surface area contributed by atoms with Gasteiger partial charge in [-0.25, -0.2) is 4.79 Å². The SMILES string of the molecule is CCc1nn(C)c(C(=O)OCC(=O)NC2CC2)c1N. The number of aryl methyl sites for hydroxylation is 2. The van der Waals surface area contributed by atoms with Crippen LogP contribution in [0.1, 0.15) is 35.9 Å². The molecule has 0 saturated heterocycles. The standard InChI is InChI=1S/C12H18N4O3/c1-3-8-10(13)11(16(2)15-8)12(18)19-6-9(17)14-7-4-5-7/h7H,3-6,13H2,1-2H3,(H,14,17). The summed E-state index contributed by atoms with van der Waals surface area (Å²) in [6, 6.07) is 0.250. The number of nitrogens with zero attached hydrogens (tertiary/aromatic N) is 2. The molecular formula is C12H18N4O3. The number of nitrogens with two attached hydrogens (primary N) is 1. The maximum Gasteiger partial charge on any atom is 0.359 e. The van der Waals surface area contributed by atoms with Crippen LogP contribution in [-0.2, 0) is 23.0 Å². The van der Waals surface area contributed by atoms with Gasteiger partial charge in [0.2, 0.25) is 0 Å². The third-order valence-corrected chi connectivity index (χ3v) is 2.97. The van der Waals surface area contributed by atoms with Gasteiger partial charge < -0.3 is 15.8 Å². The van der Waals surface area contributed by atoms with Gasteiger partial charge in [0, 0.05) is 13.1 Å². The lowest BCUT2D eigenvalue weighted by Gasteiger charge is -2.06.